The van der Waals surface area contributed by atoms with Crippen LogP contribution in [0.15, 0.2) is 71.4 Å². The Hall–Kier alpha value is -1.42. The predicted molar refractivity (Wildman–Crippen MR) is 179 cm³/mol. The third-order valence-corrected chi connectivity index (χ3v) is 16.4. The Balaban J connectivity index is 1.42. The monoisotopic (exact) mass is 570 g/mol. The normalized spacial score (nSPS) is 37.3. The van der Waals surface area contributed by atoms with Crippen molar-refractivity contribution in [1.29, 1.82) is 0 Å². The predicted octanol–water partition coefficient (Wildman–Crippen LogP) is 9.58. The Labute approximate surface area is 253 Å². The first-order valence-corrected chi connectivity index (χ1v) is 19.9. The summed E-state index contributed by atoms with van der Waals surface area (Å²) in [7, 11) is -2.02. The van der Waals surface area contributed by atoms with Gasteiger partial charge in [0, 0.05) is 12.1 Å². The van der Waals surface area contributed by atoms with Gasteiger partial charge < -0.3 is 0 Å². The lowest BCUT2D eigenvalue weighted by Crippen LogP contribution is -2.64. The largest absolute Gasteiger partial charge is 0.299 e. The fraction of sp³-hybridized carbons (Fsp3) is 0.684. The van der Waals surface area contributed by atoms with Crippen molar-refractivity contribution in [1.82, 2.24) is 9.88 Å². The molecule has 1 saturated heterocycles. The number of hydrogen-bond donors (Lipinski definition) is 1. The lowest BCUT2D eigenvalue weighted by molar-refractivity contribution is 0.226. The summed E-state index contributed by atoms with van der Waals surface area (Å²) in [6, 6.07) is 0.915. The molecule has 6 rings (SSSR count). The van der Waals surface area contributed by atoms with Gasteiger partial charge in [-0.15, -0.1) is 0 Å². The Morgan fingerprint density at radius 2 is 1.32 bits per heavy atom. The van der Waals surface area contributed by atoms with E-state index in [0.29, 0.717) is 41.3 Å². The van der Waals surface area contributed by atoms with E-state index in [2.05, 4.69) is 133 Å². The van der Waals surface area contributed by atoms with Crippen LogP contribution >= 0.6 is 0 Å². The van der Waals surface area contributed by atoms with Crippen molar-refractivity contribution in [2.24, 2.45) is 40.4 Å². The topological polar surface area (TPSA) is 15.3 Å². The fourth-order valence-electron chi connectivity index (χ4n) is 10.1. The average molecular weight is 571 g/mol. The Bertz CT molecular complexity index is 1170. The van der Waals surface area contributed by atoms with Crippen LogP contribution < -0.4 is 5.32 Å². The number of nitrogens with one attached hydrogen (secondary N) is 1. The number of allylic oxidation sites excluding steroid dienone is 10. The second-order valence-electron chi connectivity index (χ2n) is 17.4. The molecule has 0 radical (unpaired) electrons. The second kappa shape index (κ2) is 10.1. The standard InChI is InChI=1S/C38H58N2Si/c1-36(2,3)26-19-21-29-30-22-20-27(37(4,5)6)24-32(30)35(31(29)23-26)41(9,10)40-33-18-14-17-28(25-15-12-11-13-16-25)34(33)39-38(40,7)8/h14,17-25,29-35,39H,11-13,15-16H2,1-10H3/t29?,30?,31?,32?,33-,34?,35?/m1/s1. The van der Waals surface area contributed by atoms with E-state index in [4.69, 9.17) is 0 Å². The highest BCUT2D eigenvalue weighted by Crippen LogP contribution is 2.62. The van der Waals surface area contributed by atoms with Gasteiger partial charge in [-0.3, -0.25) is 9.88 Å². The molecule has 1 aliphatic heterocycles. The molecule has 6 atom stereocenters. The molecule has 0 amide bonds. The van der Waals surface area contributed by atoms with Crippen LogP contribution in [0, 0.1) is 40.4 Å². The number of fused-ring (bicyclic) bond motifs is 4. The molecule has 0 aromatic carbocycles. The van der Waals surface area contributed by atoms with Crippen LogP contribution in [0.1, 0.15) is 87.5 Å². The van der Waals surface area contributed by atoms with Crippen molar-refractivity contribution in [2.75, 3.05) is 0 Å². The van der Waals surface area contributed by atoms with E-state index in [1.807, 2.05) is 0 Å². The summed E-state index contributed by atoms with van der Waals surface area (Å²) >= 11 is 0. The van der Waals surface area contributed by atoms with Gasteiger partial charge in [0.1, 0.15) is 8.24 Å². The lowest BCUT2D eigenvalue weighted by Gasteiger charge is -2.51. The third-order valence-electron chi connectivity index (χ3n) is 11.9. The van der Waals surface area contributed by atoms with Gasteiger partial charge in [-0.25, -0.2) is 0 Å². The highest BCUT2D eigenvalue weighted by molar-refractivity contribution is 6.76. The summed E-state index contributed by atoms with van der Waals surface area (Å²) in [6.45, 7) is 24.8. The maximum Gasteiger partial charge on any atom is 0.129 e. The molecule has 0 aromatic heterocycles. The number of nitrogens with zero attached hydrogens (tertiary/aromatic N) is 1. The minimum Gasteiger partial charge on any atom is -0.299 e. The zero-order valence-electron chi connectivity index (χ0n) is 27.8. The van der Waals surface area contributed by atoms with Crippen molar-refractivity contribution in [3.8, 4) is 0 Å². The molecule has 6 aliphatic rings. The van der Waals surface area contributed by atoms with Crippen LogP contribution in [-0.4, -0.2) is 30.5 Å². The summed E-state index contributed by atoms with van der Waals surface area (Å²) in [5.41, 5.74) is 5.77. The van der Waals surface area contributed by atoms with Crippen LogP contribution in [0.25, 0.3) is 0 Å². The Kier molecular flexibility index (Phi) is 7.27. The van der Waals surface area contributed by atoms with Crippen LogP contribution in [0.3, 0.4) is 0 Å². The maximum absolute atomic E-state index is 4.25. The van der Waals surface area contributed by atoms with Gasteiger partial charge >= 0.3 is 0 Å². The molecule has 0 bridgehead atoms. The quantitative estimate of drug-likeness (QED) is 0.340. The van der Waals surface area contributed by atoms with Gasteiger partial charge in [0.15, 0.2) is 0 Å². The molecule has 2 saturated carbocycles. The average Bonchev–Trinajstić information content (AvgIpc) is 3.38. The lowest BCUT2D eigenvalue weighted by atomic mass is 9.74. The van der Waals surface area contributed by atoms with Crippen molar-refractivity contribution in [3.63, 3.8) is 0 Å². The smallest absolute Gasteiger partial charge is 0.129 e. The van der Waals surface area contributed by atoms with E-state index < -0.39 is 8.24 Å². The highest BCUT2D eigenvalue weighted by atomic mass is 28.3. The summed E-state index contributed by atoms with van der Waals surface area (Å²) in [5, 5.41) is 4.25. The molecular formula is C38H58N2Si. The van der Waals surface area contributed by atoms with E-state index in [1.165, 1.54) is 43.3 Å². The van der Waals surface area contributed by atoms with E-state index >= 15 is 0 Å². The SMILES string of the molecule is CC(C)(C)C1=CC2C(C=C1)C1C=CC(C(C)(C)C)=CC1C2[Si](C)(C)N1[C@@H]2C=CC=C(C3CCCCC3)C2NC1(C)C. The summed E-state index contributed by atoms with van der Waals surface area (Å²) in [4.78, 5) is 0. The molecule has 0 aromatic rings. The first-order chi connectivity index (χ1) is 19.1. The third kappa shape index (κ3) is 5.00. The van der Waals surface area contributed by atoms with E-state index in [0.717, 1.165) is 5.92 Å². The second-order valence-corrected chi connectivity index (χ2v) is 21.8. The molecule has 1 heterocycles. The van der Waals surface area contributed by atoms with Crippen molar-refractivity contribution < 1.29 is 0 Å². The zero-order valence-corrected chi connectivity index (χ0v) is 28.8. The molecule has 224 valence electrons. The van der Waals surface area contributed by atoms with Crippen LogP contribution in [0.2, 0.25) is 18.6 Å². The number of rotatable bonds is 3. The Morgan fingerprint density at radius 1 is 0.780 bits per heavy atom. The molecule has 5 aliphatic carbocycles. The van der Waals surface area contributed by atoms with Crippen LogP contribution in [0.4, 0.5) is 0 Å². The molecule has 2 nitrogen and oxygen atoms in total. The number of hydrogen-bond acceptors (Lipinski definition) is 2. The highest BCUT2D eigenvalue weighted by Gasteiger charge is 2.62. The Morgan fingerprint density at radius 3 is 1.83 bits per heavy atom. The molecule has 3 fully saturated rings. The van der Waals surface area contributed by atoms with Crippen molar-refractivity contribution >= 4 is 8.24 Å². The zero-order chi connectivity index (χ0) is 29.5. The van der Waals surface area contributed by atoms with Crippen molar-refractivity contribution in [3.05, 3.63) is 71.4 Å². The minimum atomic E-state index is -2.02. The molecule has 41 heavy (non-hydrogen) atoms. The van der Waals surface area contributed by atoms with Crippen molar-refractivity contribution in [2.45, 2.75) is 124 Å². The van der Waals surface area contributed by atoms with Gasteiger partial charge in [-0.2, -0.15) is 0 Å². The van der Waals surface area contributed by atoms with Crippen LogP contribution in [0.5, 0.6) is 0 Å². The van der Waals surface area contributed by atoms with Crippen LogP contribution in [-0.2, 0) is 0 Å². The van der Waals surface area contributed by atoms with Gasteiger partial charge in [-0.05, 0) is 89.4 Å². The maximum atomic E-state index is 4.25. The van der Waals surface area contributed by atoms with Gasteiger partial charge in [-0.1, -0.05) is 129 Å². The first kappa shape index (κ1) is 29.6. The van der Waals surface area contributed by atoms with Gasteiger partial charge in [0.05, 0.1) is 5.66 Å². The summed E-state index contributed by atoms with van der Waals surface area (Å²) in [5.74, 6) is 3.16. The van der Waals surface area contributed by atoms with E-state index in [9.17, 15) is 0 Å². The molecule has 0 spiro atoms. The van der Waals surface area contributed by atoms with Gasteiger partial charge in [0.25, 0.3) is 0 Å². The summed E-state index contributed by atoms with van der Waals surface area (Å²) in [6.07, 6.45) is 30.1. The fourth-order valence-corrected chi connectivity index (χ4v) is 15.4. The van der Waals surface area contributed by atoms with Gasteiger partial charge in [0.2, 0.25) is 0 Å². The van der Waals surface area contributed by atoms with E-state index in [-0.39, 0.29) is 16.5 Å². The molecule has 1 N–H and O–H groups in total. The van der Waals surface area contributed by atoms with E-state index in [1.54, 1.807) is 5.57 Å². The molecule has 3 heteroatoms. The first-order valence-electron chi connectivity index (χ1n) is 16.9. The minimum absolute atomic E-state index is 0.0246. The molecule has 5 unspecified atom stereocenters. The summed E-state index contributed by atoms with van der Waals surface area (Å²) < 4.78 is 3.06. The molecular weight excluding hydrogens is 513 g/mol.